The lowest BCUT2D eigenvalue weighted by molar-refractivity contribution is -0.267. The first-order valence-electron chi connectivity index (χ1n) is 6.37. The lowest BCUT2D eigenvalue weighted by Crippen LogP contribution is -2.50. The van der Waals surface area contributed by atoms with E-state index in [0.717, 1.165) is 6.20 Å². The first-order chi connectivity index (χ1) is 10.3. The minimum Gasteiger partial charge on any atom is -0.497 e. The summed E-state index contributed by atoms with van der Waals surface area (Å²) in [6.45, 7) is 1.07. The van der Waals surface area contributed by atoms with Gasteiger partial charge in [0.2, 0.25) is 0 Å². The third-order valence-electron chi connectivity index (χ3n) is 3.26. The van der Waals surface area contributed by atoms with Gasteiger partial charge in [-0.1, -0.05) is 0 Å². The van der Waals surface area contributed by atoms with Crippen LogP contribution >= 0.6 is 0 Å². The van der Waals surface area contributed by atoms with Gasteiger partial charge in [-0.2, -0.15) is 13.2 Å². The smallest absolute Gasteiger partial charge is 0.432 e. The van der Waals surface area contributed by atoms with Crippen LogP contribution in [-0.4, -0.2) is 36.0 Å². The van der Waals surface area contributed by atoms with Gasteiger partial charge in [0.05, 0.1) is 13.7 Å². The SMILES string of the molecule is CCOC(=O)[C@](O)(c1c[nH]c2cc(OC)ccc12)C(F)(F)F. The molecule has 1 atom stereocenters. The molecule has 0 saturated heterocycles. The minimum atomic E-state index is -5.23. The molecule has 8 heteroatoms. The van der Waals surface area contributed by atoms with Crippen LogP contribution in [0.25, 0.3) is 10.9 Å². The second-order valence-corrected chi connectivity index (χ2v) is 4.54. The first kappa shape index (κ1) is 16.2. The van der Waals surface area contributed by atoms with Crippen LogP contribution in [0, 0.1) is 0 Å². The van der Waals surface area contributed by atoms with E-state index in [4.69, 9.17) is 4.74 Å². The molecule has 1 aromatic carbocycles. The number of hydrogen-bond donors (Lipinski definition) is 2. The molecule has 0 bridgehead atoms. The largest absolute Gasteiger partial charge is 0.497 e. The number of alkyl halides is 3. The number of rotatable bonds is 4. The quantitative estimate of drug-likeness (QED) is 0.850. The van der Waals surface area contributed by atoms with Gasteiger partial charge in [0.1, 0.15) is 5.75 Å². The summed E-state index contributed by atoms with van der Waals surface area (Å²) in [5, 5.41) is 10.1. The Kier molecular flexibility index (Phi) is 4.06. The van der Waals surface area contributed by atoms with Crippen LogP contribution in [0.4, 0.5) is 13.2 Å². The van der Waals surface area contributed by atoms with E-state index in [9.17, 15) is 23.1 Å². The molecule has 120 valence electrons. The number of nitrogens with one attached hydrogen (secondary N) is 1. The summed E-state index contributed by atoms with van der Waals surface area (Å²) >= 11 is 0. The molecule has 0 aliphatic carbocycles. The van der Waals surface area contributed by atoms with Crippen molar-refractivity contribution in [3.05, 3.63) is 30.0 Å². The lowest BCUT2D eigenvalue weighted by Gasteiger charge is -2.27. The molecule has 2 N–H and O–H groups in total. The van der Waals surface area contributed by atoms with Gasteiger partial charge < -0.3 is 19.6 Å². The summed E-state index contributed by atoms with van der Waals surface area (Å²) in [5.74, 6) is -1.34. The standard InChI is InChI=1S/C14H14F3NO4/c1-3-22-12(19)13(20,14(15,16)17)10-7-18-11-6-8(21-2)4-5-9(10)11/h4-7,18,20H,3H2,1-2H3/t13-/m1/s1. The lowest BCUT2D eigenvalue weighted by atomic mass is 9.92. The second kappa shape index (κ2) is 5.53. The highest BCUT2D eigenvalue weighted by atomic mass is 19.4. The summed E-state index contributed by atoms with van der Waals surface area (Å²) in [6.07, 6.45) is -4.29. The van der Waals surface area contributed by atoms with Crippen molar-refractivity contribution in [1.82, 2.24) is 4.98 Å². The van der Waals surface area contributed by atoms with Gasteiger partial charge in [0.15, 0.2) is 0 Å². The second-order valence-electron chi connectivity index (χ2n) is 4.54. The van der Waals surface area contributed by atoms with E-state index >= 15 is 0 Å². The van der Waals surface area contributed by atoms with Gasteiger partial charge in [-0.05, 0) is 19.1 Å². The van der Waals surface area contributed by atoms with Gasteiger partial charge in [0.25, 0.3) is 5.60 Å². The average molecular weight is 317 g/mol. The maximum Gasteiger partial charge on any atom is 0.432 e. The number of carbonyl (C=O) groups is 1. The van der Waals surface area contributed by atoms with Crippen molar-refractivity contribution in [3.8, 4) is 5.75 Å². The van der Waals surface area contributed by atoms with E-state index in [1.807, 2.05) is 0 Å². The number of methoxy groups -OCH3 is 1. The molecule has 0 spiro atoms. The number of fused-ring (bicyclic) bond motifs is 1. The Labute approximate surface area is 123 Å². The molecule has 22 heavy (non-hydrogen) atoms. The Balaban J connectivity index is 2.65. The molecule has 0 fully saturated rings. The number of hydrogen-bond acceptors (Lipinski definition) is 4. The van der Waals surface area contributed by atoms with E-state index in [-0.39, 0.29) is 12.0 Å². The number of halogens is 3. The van der Waals surface area contributed by atoms with E-state index in [1.165, 1.54) is 32.2 Å². The Hall–Kier alpha value is -2.22. The molecule has 0 aliphatic rings. The van der Waals surface area contributed by atoms with Crippen molar-refractivity contribution in [2.75, 3.05) is 13.7 Å². The van der Waals surface area contributed by atoms with Gasteiger partial charge in [0, 0.05) is 28.7 Å². The molecule has 0 unspecified atom stereocenters. The highest BCUT2D eigenvalue weighted by Gasteiger charge is 2.63. The Morgan fingerprint density at radius 2 is 2.05 bits per heavy atom. The fraction of sp³-hybridized carbons (Fsp3) is 0.357. The van der Waals surface area contributed by atoms with Crippen LogP contribution in [0.1, 0.15) is 12.5 Å². The maximum absolute atomic E-state index is 13.3. The van der Waals surface area contributed by atoms with Crippen LogP contribution in [0.5, 0.6) is 5.75 Å². The average Bonchev–Trinajstić information content (AvgIpc) is 2.88. The molecule has 0 radical (unpaired) electrons. The van der Waals surface area contributed by atoms with Gasteiger partial charge in [-0.15, -0.1) is 0 Å². The molecule has 1 aromatic heterocycles. The summed E-state index contributed by atoms with van der Waals surface area (Å²) in [5.41, 5.74) is -4.06. The predicted octanol–water partition coefficient (Wildman–Crippen LogP) is 2.49. The van der Waals surface area contributed by atoms with E-state index in [0.29, 0.717) is 11.3 Å². The summed E-state index contributed by atoms with van der Waals surface area (Å²) in [4.78, 5) is 14.3. The number of ether oxygens (including phenoxy) is 2. The molecular weight excluding hydrogens is 303 g/mol. The Morgan fingerprint density at radius 1 is 1.36 bits per heavy atom. The number of H-pyrrole nitrogens is 1. The Bertz CT molecular complexity index is 695. The van der Waals surface area contributed by atoms with Crippen molar-refractivity contribution in [2.24, 2.45) is 0 Å². The van der Waals surface area contributed by atoms with Gasteiger partial charge >= 0.3 is 12.1 Å². The number of benzene rings is 1. The molecule has 0 amide bonds. The maximum atomic E-state index is 13.3. The van der Waals surface area contributed by atoms with Gasteiger partial charge in [-0.3, -0.25) is 0 Å². The van der Waals surface area contributed by atoms with Crippen molar-refractivity contribution in [1.29, 1.82) is 0 Å². The van der Waals surface area contributed by atoms with Crippen LogP contribution in [0.15, 0.2) is 24.4 Å². The highest BCUT2D eigenvalue weighted by Crippen LogP contribution is 2.43. The Morgan fingerprint density at radius 3 is 2.59 bits per heavy atom. The van der Waals surface area contributed by atoms with Crippen LogP contribution < -0.4 is 4.74 Å². The number of aliphatic hydroxyl groups is 1. The summed E-state index contributed by atoms with van der Waals surface area (Å²) in [6, 6.07) is 4.22. The predicted molar refractivity (Wildman–Crippen MR) is 71.4 cm³/mol. The first-order valence-corrected chi connectivity index (χ1v) is 6.37. The van der Waals surface area contributed by atoms with Crippen LogP contribution in [0.2, 0.25) is 0 Å². The third-order valence-corrected chi connectivity index (χ3v) is 3.26. The number of aromatic amines is 1. The molecule has 1 heterocycles. The van der Waals surface area contributed by atoms with Gasteiger partial charge in [-0.25, -0.2) is 4.79 Å². The molecule has 2 aromatic rings. The third kappa shape index (κ3) is 2.39. The fourth-order valence-corrected chi connectivity index (χ4v) is 2.15. The number of aromatic nitrogens is 1. The monoisotopic (exact) mass is 317 g/mol. The van der Waals surface area contributed by atoms with Crippen molar-refractivity contribution < 1.29 is 32.5 Å². The van der Waals surface area contributed by atoms with E-state index in [1.54, 1.807) is 0 Å². The van der Waals surface area contributed by atoms with Crippen molar-refractivity contribution in [2.45, 2.75) is 18.7 Å². The fourth-order valence-electron chi connectivity index (χ4n) is 2.15. The number of carbonyl (C=O) groups excluding carboxylic acids is 1. The zero-order valence-corrected chi connectivity index (χ0v) is 11.8. The molecule has 2 rings (SSSR count). The summed E-state index contributed by atoms with van der Waals surface area (Å²) in [7, 11) is 1.41. The molecule has 0 aliphatic heterocycles. The topological polar surface area (TPSA) is 71.5 Å². The van der Waals surface area contributed by atoms with Crippen molar-refractivity contribution in [3.63, 3.8) is 0 Å². The zero-order chi connectivity index (χ0) is 16.5. The summed E-state index contributed by atoms with van der Waals surface area (Å²) < 4.78 is 49.4. The van der Waals surface area contributed by atoms with Crippen molar-refractivity contribution >= 4 is 16.9 Å². The number of esters is 1. The van der Waals surface area contributed by atoms with E-state index < -0.39 is 23.3 Å². The molecule has 0 saturated carbocycles. The van der Waals surface area contributed by atoms with Crippen LogP contribution in [-0.2, 0) is 15.1 Å². The molecule has 5 nitrogen and oxygen atoms in total. The van der Waals surface area contributed by atoms with Crippen LogP contribution in [0.3, 0.4) is 0 Å². The minimum absolute atomic E-state index is 0.0497. The normalized spacial score (nSPS) is 14.6. The molecular formula is C14H14F3NO4. The highest BCUT2D eigenvalue weighted by molar-refractivity contribution is 5.92. The zero-order valence-electron chi connectivity index (χ0n) is 11.8. The van der Waals surface area contributed by atoms with E-state index in [2.05, 4.69) is 9.72 Å².